The summed E-state index contributed by atoms with van der Waals surface area (Å²) in [5, 5.41) is 0.865. The Hall–Kier alpha value is -1.61. The maximum Gasteiger partial charge on any atom is 0.198 e. The quantitative estimate of drug-likeness (QED) is 0.839. The molecule has 0 spiro atoms. The second-order valence-corrected chi connectivity index (χ2v) is 8.13. The van der Waals surface area contributed by atoms with Gasteiger partial charge in [-0.25, -0.2) is 0 Å². The largest absolute Gasteiger partial charge is 0.358 e. The Morgan fingerprint density at radius 3 is 2.04 bits per heavy atom. The lowest BCUT2D eigenvalue weighted by atomic mass is 10.0. The number of hydrogen-bond acceptors (Lipinski definition) is 1. The van der Waals surface area contributed by atoms with Crippen molar-refractivity contribution in [3.63, 3.8) is 0 Å². The van der Waals surface area contributed by atoms with E-state index in [1.165, 1.54) is 4.90 Å². The molecule has 0 aliphatic carbocycles. The third-order valence-electron chi connectivity index (χ3n) is 4.71. The molecule has 0 aliphatic heterocycles. The van der Waals surface area contributed by atoms with E-state index in [2.05, 4.69) is 51.7 Å². The first kappa shape index (κ1) is 18.7. The highest BCUT2D eigenvalue weighted by Gasteiger charge is 2.19. The van der Waals surface area contributed by atoms with Crippen molar-refractivity contribution in [1.82, 2.24) is 4.98 Å². The van der Waals surface area contributed by atoms with Crippen LogP contribution in [0.25, 0.3) is 10.9 Å². The molecule has 2 rings (SSSR count). The molecule has 0 bridgehead atoms. The first-order valence-electron chi connectivity index (χ1n) is 9.15. The van der Waals surface area contributed by atoms with Crippen molar-refractivity contribution in [1.29, 1.82) is 0 Å². The van der Waals surface area contributed by atoms with E-state index in [1.54, 1.807) is 0 Å². The highest BCUT2D eigenvalue weighted by atomic mass is 16.1. The third-order valence-corrected chi connectivity index (χ3v) is 4.71. The Bertz CT molecular complexity index is 761. The standard InChI is InChI=1S/C21H32N2O/c1-13(2)10-23(11-14(3)4)12-18-17(7)22-20-16(6)9-8-15(5)19(20)21(18)24/h8-9,13-14H,10-12H2,1-7H3,(H,22,24)/p+1. The van der Waals surface area contributed by atoms with Crippen molar-refractivity contribution in [3.05, 3.63) is 44.7 Å². The van der Waals surface area contributed by atoms with Crippen molar-refractivity contribution < 1.29 is 4.90 Å². The Morgan fingerprint density at radius 1 is 0.958 bits per heavy atom. The lowest BCUT2D eigenvalue weighted by molar-refractivity contribution is -0.919. The zero-order chi connectivity index (χ0) is 18.0. The zero-order valence-electron chi connectivity index (χ0n) is 16.3. The summed E-state index contributed by atoms with van der Waals surface area (Å²) in [6, 6.07) is 4.14. The van der Waals surface area contributed by atoms with E-state index in [9.17, 15) is 4.79 Å². The topological polar surface area (TPSA) is 37.3 Å². The molecular weight excluding hydrogens is 296 g/mol. The van der Waals surface area contributed by atoms with Crippen LogP contribution < -0.4 is 10.3 Å². The lowest BCUT2D eigenvalue weighted by Gasteiger charge is -2.24. The maximum absolute atomic E-state index is 13.2. The maximum atomic E-state index is 13.2. The Balaban J connectivity index is 2.51. The highest BCUT2D eigenvalue weighted by molar-refractivity contribution is 5.85. The molecule has 3 nitrogen and oxygen atoms in total. The second kappa shape index (κ2) is 7.52. The predicted octanol–water partition coefficient (Wildman–Crippen LogP) is 3.15. The fraction of sp³-hybridized carbons (Fsp3) is 0.571. The van der Waals surface area contributed by atoms with E-state index < -0.39 is 0 Å². The van der Waals surface area contributed by atoms with Gasteiger partial charge in [0.1, 0.15) is 6.54 Å². The number of rotatable bonds is 6. The van der Waals surface area contributed by atoms with E-state index >= 15 is 0 Å². The van der Waals surface area contributed by atoms with Gasteiger partial charge < -0.3 is 9.88 Å². The number of hydrogen-bond donors (Lipinski definition) is 2. The minimum absolute atomic E-state index is 0.215. The molecule has 132 valence electrons. The van der Waals surface area contributed by atoms with Crippen LogP contribution in [-0.4, -0.2) is 18.1 Å². The molecule has 1 aromatic heterocycles. The third kappa shape index (κ3) is 4.07. The summed E-state index contributed by atoms with van der Waals surface area (Å²) in [6.07, 6.45) is 0. The van der Waals surface area contributed by atoms with Crippen LogP contribution in [0.1, 0.15) is 50.1 Å². The summed E-state index contributed by atoms with van der Waals surface area (Å²) in [5.74, 6) is 1.25. The van der Waals surface area contributed by atoms with Gasteiger partial charge >= 0.3 is 0 Å². The smallest absolute Gasteiger partial charge is 0.198 e. The first-order valence-corrected chi connectivity index (χ1v) is 9.15. The van der Waals surface area contributed by atoms with Gasteiger partial charge in [0.25, 0.3) is 0 Å². The monoisotopic (exact) mass is 329 g/mol. The van der Waals surface area contributed by atoms with Crippen LogP contribution in [0.5, 0.6) is 0 Å². The van der Waals surface area contributed by atoms with E-state index in [-0.39, 0.29) is 5.43 Å². The summed E-state index contributed by atoms with van der Waals surface area (Å²) >= 11 is 0. The molecule has 0 atom stereocenters. The summed E-state index contributed by atoms with van der Waals surface area (Å²) in [5.41, 5.74) is 5.38. The molecule has 1 aromatic carbocycles. The van der Waals surface area contributed by atoms with Crippen molar-refractivity contribution in [2.45, 2.75) is 55.0 Å². The number of nitrogens with one attached hydrogen (secondary N) is 2. The molecule has 1 heterocycles. The van der Waals surface area contributed by atoms with Crippen LogP contribution in [0.3, 0.4) is 0 Å². The van der Waals surface area contributed by atoms with Gasteiger partial charge in [-0.05, 0) is 31.9 Å². The van der Waals surface area contributed by atoms with Crippen molar-refractivity contribution in [2.75, 3.05) is 13.1 Å². The number of pyridine rings is 1. The van der Waals surface area contributed by atoms with Crippen LogP contribution >= 0.6 is 0 Å². The summed E-state index contributed by atoms with van der Waals surface area (Å²) < 4.78 is 0. The van der Waals surface area contributed by atoms with Crippen LogP contribution in [0.4, 0.5) is 0 Å². The second-order valence-electron chi connectivity index (χ2n) is 8.13. The minimum atomic E-state index is 0.215. The van der Waals surface area contributed by atoms with E-state index in [1.807, 2.05) is 13.8 Å². The molecule has 2 aromatic rings. The fourth-order valence-corrected chi connectivity index (χ4v) is 3.69. The molecule has 0 saturated carbocycles. The van der Waals surface area contributed by atoms with Gasteiger partial charge in [0, 0.05) is 22.9 Å². The van der Waals surface area contributed by atoms with Gasteiger partial charge in [-0.1, -0.05) is 39.8 Å². The minimum Gasteiger partial charge on any atom is -0.358 e. The van der Waals surface area contributed by atoms with Crippen molar-refractivity contribution >= 4 is 10.9 Å². The zero-order valence-corrected chi connectivity index (χ0v) is 16.3. The van der Waals surface area contributed by atoms with Gasteiger partial charge in [-0.2, -0.15) is 0 Å². The number of aromatic nitrogens is 1. The molecular formula is C21H33N2O+. The molecule has 0 unspecified atom stereocenters. The van der Waals surface area contributed by atoms with Gasteiger partial charge in [0.2, 0.25) is 0 Å². The first-order chi connectivity index (χ1) is 11.2. The van der Waals surface area contributed by atoms with Gasteiger partial charge in [0.05, 0.1) is 24.2 Å². The van der Waals surface area contributed by atoms with Crippen LogP contribution in [0, 0.1) is 32.6 Å². The Morgan fingerprint density at radius 2 is 1.50 bits per heavy atom. The number of quaternary nitrogens is 1. The lowest BCUT2D eigenvalue weighted by Crippen LogP contribution is -3.12. The van der Waals surface area contributed by atoms with Crippen molar-refractivity contribution in [2.24, 2.45) is 11.8 Å². The average Bonchev–Trinajstić information content (AvgIpc) is 2.45. The molecule has 3 heteroatoms. The van der Waals surface area contributed by atoms with Gasteiger partial charge in [-0.3, -0.25) is 4.79 Å². The molecule has 24 heavy (non-hydrogen) atoms. The summed E-state index contributed by atoms with van der Waals surface area (Å²) in [6.45, 7) is 18.2. The number of fused-ring (bicyclic) bond motifs is 1. The number of H-pyrrole nitrogens is 1. The Labute approximate surface area is 146 Å². The van der Waals surface area contributed by atoms with E-state index in [4.69, 9.17) is 0 Å². The molecule has 2 N–H and O–H groups in total. The fourth-order valence-electron chi connectivity index (χ4n) is 3.69. The van der Waals surface area contributed by atoms with Crippen molar-refractivity contribution in [3.8, 4) is 0 Å². The molecule has 0 amide bonds. The molecule has 0 aliphatic rings. The highest BCUT2D eigenvalue weighted by Crippen LogP contribution is 2.18. The van der Waals surface area contributed by atoms with Gasteiger partial charge in [-0.15, -0.1) is 0 Å². The number of aromatic amines is 1. The number of benzene rings is 1. The number of aryl methyl sites for hydroxylation is 3. The average molecular weight is 330 g/mol. The van der Waals surface area contributed by atoms with Gasteiger partial charge in [0.15, 0.2) is 5.43 Å². The van der Waals surface area contributed by atoms with Crippen LogP contribution in [0.15, 0.2) is 16.9 Å². The normalized spacial score (nSPS) is 12.1. The van der Waals surface area contributed by atoms with Crippen LogP contribution in [0.2, 0.25) is 0 Å². The summed E-state index contributed by atoms with van der Waals surface area (Å²) in [7, 11) is 0. The Kier molecular flexibility index (Phi) is 5.87. The van der Waals surface area contributed by atoms with E-state index in [0.29, 0.717) is 11.8 Å². The molecule has 0 saturated heterocycles. The predicted molar refractivity (Wildman–Crippen MR) is 103 cm³/mol. The van der Waals surface area contributed by atoms with E-state index in [0.717, 1.165) is 52.9 Å². The molecule has 0 radical (unpaired) electrons. The van der Waals surface area contributed by atoms with Crippen LogP contribution in [-0.2, 0) is 6.54 Å². The molecule has 0 fully saturated rings. The SMILES string of the molecule is Cc1[nH]c2c(C)ccc(C)c2c(=O)c1C[NH+](CC(C)C)CC(C)C. The summed E-state index contributed by atoms with van der Waals surface area (Å²) in [4.78, 5) is 18.2.